The van der Waals surface area contributed by atoms with E-state index in [0.29, 0.717) is 19.4 Å². The van der Waals surface area contributed by atoms with E-state index in [4.69, 9.17) is 4.74 Å². The molecule has 2 N–H and O–H groups in total. The van der Waals surface area contributed by atoms with Crippen molar-refractivity contribution < 1.29 is 24.2 Å². The molecule has 4 aliphatic rings. The summed E-state index contributed by atoms with van der Waals surface area (Å²) in [5, 5.41) is 12.5. The SMILES string of the molecule is CC1(C(=O)O)CCN(C(=O)[C@@]23C[C@@H](NC(=O)OCC4c5ccccc5-c5ccccc54)C[C@@H]2C3)C1. The fourth-order valence-corrected chi connectivity index (χ4v) is 6.70. The van der Waals surface area contributed by atoms with Gasteiger partial charge >= 0.3 is 12.1 Å². The summed E-state index contributed by atoms with van der Waals surface area (Å²) in [7, 11) is 0. The van der Waals surface area contributed by atoms with E-state index in [-0.39, 0.29) is 36.9 Å². The van der Waals surface area contributed by atoms with E-state index in [2.05, 4.69) is 29.6 Å². The lowest BCUT2D eigenvalue weighted by Crippen LogP contribution is -2.41. The molecule has 2 amide bonds. The van der Waals surface area contributed by atoms with Gasteiger partial charge in [-0.25, -0.2) is 4.79 Å². The van der Waals surface area contributed by atoms with E-state index in [1.165, 1.54) is 22.3 Å². The summed E-state index contributed by atoms with van der Waals surface area (Å²) in [6, 6.07) is 16.4. The van der Waals surface area contributed by atoms with Crippen molar-refractivity contribution in [2.45, 2.75) is 44.6 Å². The number of nitrogens with zero attached hydrogens (tertiary/aromatic N) is 1. The Bertz CT molecular complexity index is 1180. The van der Waals surface area contributed by atoms with Crippen LogP contribution in [0.4, 0.5) is 4.79 Å². The van der Waals surface area contributed by atoms with Crippen LogP contribution in [0.3, 0.4) is 0 Å². The number of carbonyl (C=O) groups excluding carboxylic acids is 2. The van der Waals surface area contributed by atoms with Gasteiger partial charge in [0.2, 0.25) is 5.91 Å². The molecule has 7 heteroatoms. The van der Waals surface area contributed by atoms with E-state index in [9.17, 15) is 19.5 Å². The molecule has 0 radical (unpaired) electrons. The van der Waals surface area contributed by atoms with Gasteiger partial charge in [-0.2, -0.15) is 0 Å². The Morgan fingerprint density at radius 3 is 2.34 bits per heavy atom. The van der Waals surface area contributed by atoms with Crippen molar-refractivity contribution in [1.82, 2.24) is 10.2 Å². The number of aliphatic carboxylic acids is 1. The quantitative estimate of drug-likeness (QED) is 0.683. The minimum absolute atomic E-state index is 0.0109. The lowest BCUT2D eigenvalue weighted by atomic mass is 9.90. The van der Waals surface area contributed by atoms with Crippen molar-refractivity contribution in [2.24, 2.45) is 16.7 Å². The summed E-state index contributed by atoms with van der Waals surface area (Å²) in [6.07, 6.45) is 2.23. The minimum Gasteiger partial charge on any atom is -0.481 e. The van der Waals surface area contributed by atoms with Gasteiger partial charge in [0, 0.05) is 25.0 Å². The standard InChI is InChI=1S/C28H30N2O5/c1-27(25(32)33)10-11-30(16-27)24(31)28-13-17(28)12-18(14-28)29-26(34)35-15-23-21-8-4-2-6-19(21)20-7-3-5-9-22(20)23/h2-9,17-18,23H,10-16H2,1H3,(H,29,34)(H,32,33)/t17-,18+,27?,28+/m1/s1. The second-order valence-electron chi connectivity index (χ2n) is 11.0. The van der Waals surface area contributed by atoms with Gasteiger partial charge < -0.3 is 20.1 Å². The predicted octanol–water partition coefficient (Wildman–Crippen LogP) is 4.02. The van der Waals surface area contributed by atoms with E-state index in [0.717, 1.165) is 12.8 Å². The number of carbonyl (C=O) groups is 3. The first kappa shape index (κ1) is 22.1. The molecule has 2 aromatic rings. The van der Waals surface area contributed by atoms with Crippen LogP contribution in [0.25, 0.3) is 11.1 Å². The third-order valence-corrected chi connectivity index (χ3v) is 8.78. The number of likely N-dealkylation sites (tertiary alicyclic amines) is 1. The van der Waals surface area contributed by atoms with Crippen molar-refractivity contribution >= 4 is 18.0 Å². The highest BCUT2D eigenvalue weighted by molar-refractivity contribution is 5.88. The molecule has 0 bridgehead atoms. The van der Waals surface area contributed by atoms with Gasteiger partial charge in [0.15, 0.2) is 0 Å². The number of ether oxygens (including phenoxy) is 1. The lowest BCUT2D eigenvalue weighted by molar-refractivity contribution is -0.147. The Balaban J connectivity index is 1.06. The number of hydrogen-bond acceptors (Lipinski definition) is 4. The maximum absolute atomic E-state index is 13.3. The van der Waals surface area contributed by atoms with Gasteiger partial charge in [-0.1, -0.05) is 48.5 Å². The van der Waals surface area contributed by atoms with Crippen LogP contribution in [0.2, 0.25) is 0 Å². The van der Waals surface area contributed by atoms with E-state index in [1.807, 2.05) is 24.3 Å². The number of fused-ring (bicyclic) bond motifs is 4. The van der Waals surface area contributed by atoms with Gasteiger partial charge in [0.1, 0.15) is 6.61 Å². The Labute approximate surface area is 204 Å². The zero-order valence-corrected chi connectivity index (χ0v) is 19.8. The number of carboxylic acids is 1. The average molecular weight is 475 g/mol. The molecule has 4 atom stereocenters. The summed E-state index contributed by atoms with van der Waals surface area (Å²) >= 11 is 0. The van der Waals surface area contributed by atoms with E-state index >= 15 is 0 Å². The average Bonchev–Trinajstić information content (AvgIpc) is 3.14. The second-order valence-corrected chi connectivity index (χ2v) is 11.0. The highest BCUT2D eigenvalue weighted by Crippen LogP contribution is 2.64. The van der Waals surface area contributed by atoms with Gasteiger partial charge in [0.05, 0.1) is 10.8 Å². The first-order valence-electron chi connectivity index (χ1n) is 12.4. The normalized spacial score (nSPS) is 30.4. The summed E-state index contributed by atoms with van der Waals surface area (Å²) < 4.78 is 5.69. The van der Waals surface area contributed by atoms with Crippen LogP contribution < -0.4 is 5.32 Å². The van der Waals surface area contributed by atoms with Crippen LogP contribution in [0.5, 0.6) is 0 Å². The maximum Gasteiger partial charge on any atom is 0.407 e. The molecule has 2 aromatic carbocycles. The summed E-state index contributed by atoms with van der Waals surface area (Å²) in [5.41, 5.74) is 3.42. The van der Waals surface area contributed by atoms with E-state index < -0.39 is 22.9 Å². The number of nitrogens with one attached hydrogen (secondary N) is 1. The fourth-order valence-electron chi connectivity index (χ4n) is 6.70. The summed E-state index contributed by atoms with van der Waals surface area (Å²) in [6.45, 7) is 2.73. The van der Waals surface area contributed by atoms with Crippen molar-refractivity contribution in [3.63, 3.8) is 0 Å². The van der Waals surface area contributed by atoms with Crippen LogP contribution in [0, 0.1) is 16.7 Å². The first-order valence-corrected chi connectivity index (χ1v) is 12.4. The molecular formula is C28H30N2O5. The molecule has 182 valence electrons. The summed E-state index contributed by atoms with van der Waals surface area (Å²) in [5.74, 6) is -0.523. The Kier molecular flexibility index (Phi) is 4.95. The Hall–Kier alpha value is -3.35. The number of rotatable bonds is 5. The maximum atomic E-state index is 13.3. The zero-order chi connectivity index (χ0) is 24.4. The number of alkyl carbamates (subject to hydrolysis) is 1. The molecule has 0 spiro atoms. The van der Waals surface area contributed by atoms with E-state index in [1.54, 1.807) is 11.8 Å². The van der Waals surface area contributed by atoms with Gasteiger partial charge in [0.25, 0.3) is 0 Å². The number of hydrogen-bond donors (Lipinski definition) is 2. The van der Waals surface area contributed by atoms with Crippen LogP contribution in [0.15, 0.2) is 48.5 Å². The van der Waals surface area contributed by atoms with Crippen molar-refractivity contribution in [3.8, 4) is 11.1 Å². The molecule has 1 aliphatic heterocycles. The Morgan fingerprint density at radius 2 is 1.71 bits per heavy atom. The molecule has 2 saturated carbocycles. The smallest absolute Gasteiger partial charge is 0.407 e. The molecule has 1 heterocycles. The third kappa shape index (κ3) is 3.51. The molecule has 35 heavy (non-hydrogen) atoms. The second kappa shape index (κ2) is 7.83. The monoisotopic (exact) mass is 474 g/mol. The van der Waals surface area contributed by atoms with Gasteiger partial charge in [-0.3, -0.25) is 9.59 Å². The molecule has 1 unspecified atom stereocenters. The molecule has 3 aliphatic carbocycles. The van der Waals surface area contributed by atoms with Crippen molar-refractivity contribution in [2.75, 3.05) is 19.7 Å². The predicted molar refractivity (Wildman–Crippen MR) is 129 cm³/mol. The first-order chi connectivity index (χ1) is 16.8. The van der Waals surface area contributed by atoms with Crippen LogP contribution >= 0.6 is 0 Å². The highest BCUT2D eigenvalue weighted by Gasteiger charge is 2.66. The van der Waals surface area contributed by atoms with Gasteiger partial charge in [-0.15, -0.1) is 0 Å². The molecule has 0 aromatic heterocycles. The fraction of sp³-hybridized carbons (Fsp3) is 0.464. The lowest BCUT2D eigenvalue weighted by Gasteiger charge is -2.25. The molecule has 1 saturated heterocycles. The number of amides is 2. The Morgan fingerprint density at radius 1 is 1.06 bits per heavy atom. The number of benzene rings is 2. The molecule has 6 rings (SSSR count). The van der Waals surface area contributed by atoms with Crippen LogP contribution in [-0.2, 0) is 14.3 Å². The summed E-state index contributed by atoms with van der Waals surface area (Å²) in [4.78, 5) is 39.3. The molecular weight excluding hydrogens is 444 g/mol. The third-order valence-electron chi connectivity index (χ3n) is 8.78. The van der Waals surface area contributed by atoms with Gasteiger partial charge in [-0.05, 0) is 60.8 Å². The highest BCUT2D eigenvalue weighted by atomic mass is 16.5. The van der Waals surface area contributed by atoms with Crippen molar-refractivity contribution in [1.29, 1.82) is 0 Å². The van der Waals surface area contributed by atoms with Crippen LogP contribution in [0.1, 0.15) is 49.7 Å². The van der Waals surface area contributed by atoms with Crippen LogP contribution in [-0.4, -0.2) is 53.7 Å². The minimum atomic E-state index is -0.867. The number of carboxylic acid groups (broad SMARTS) is 1. The topological polar surface area (TPSA) is 95.9 Å². The van der Waals surface area contributed by atoms with Crippen molar-refractivity contribution in [3.05, 3.63) is 59.7 Å². The molecule has 3 fully saturated rings. The zero-order valence-electron chi connectivity index (χ0n) is 19.8. The molecule has 7 nitrogen and oxygen atoms in total. The largest absolute Gasteiger partial charge is 0.481 e.